The number of ether oxygens (including phenoxy) is 1. The molecule has 0 aromatic heterocycles. The first-order valence-electron chi connectivity index (χ1n) is 7.52. The summed E-state index contributed by atoms with van der Waals surface area (Å²) < 4.78 is 7.98. The number of carbonyl (C=O) groups excluding carboxylic acids is 1. The van der Waals surface area contributed by atoms with E-state index < -0.39 is 0 Å². The number of benzene rings is 2. The van der Waals surface area contributed by atoms with Crippen molar-refractivity contribution in [2.24, 2.45) is 0 Å². The van der Waals surface area contributed by atoms with Gasteiger partial charge in [-0.1, -0.05) is 56.1 Å². The number of likely N-dealkylation sites (N-methyl/N-ethyl adjacent to an activating group) is 1. The summed E-state index contributed by atoms with van der Waals surface area (Å²) in [5.41, 5.74) is 2.16. The third-order valence-corrected chi connectivity index (χ3v) is 5.14. The molecular weight excluding hydrogens is 422 g/mol. The monoisotopic (exact) mass is 437 g/mol. The highest BCUT2D eigenvalue weighted by Gasteiger charge is 2.37. The highest BCUT2D eigenvalue weighted by molar-refractivity contribution is 9.10. The predicted molar refractivity (Wildman–Crippen MR) is 97.1 cm³/mol. The third kappa shape index (κ3) is 3.52. The van der Waals surface area contributed by atoms with Gasteiger partial charge in [-0.2, -0.15) is 0 Å². The lowest BCUT2D eigenvalue weighted by Gasteiger charge is -2.41. The molecule has 0 N–H and O–H groups in total. The molecule has 0 bridgehead atoms. The molecule has 1 fully saturated rings. The lowest BCUT2D eigenvalue weighted by molar-refractivity contribution is -0.158. The van der Waals surface area contributed by atoms with Crippen LogP contribution in [0.2, 0.25) is 0 Å². The van der Waals surface area contributed by atoms with Gasteiger partial charge in [0.05, 0.1) is 6.04 Å². The maximum absolute atomic E-state index is 12.3. The molecule has 3 rings (SSSR count). The Hall–Kier alpha value is -1.17. The number of amides is 1. The van der Waals surface area contributed by atoms with Crippen LogP contribution in [-0.4, -0.2) is 24.0 Å². The van der Waals surface area contributed by atoms with Crippen molar-refractivity contribution in [1.82, 2.24) is 4.90 Å². The number of carbonyl (C=O) groups is 1. The molecule has 1 amide bonds. The maximum Gasteiger partial charge on any atom is 0.249 e. The normalized spacial score (nSPS) is 21.5. The Bertz CT molecular complexity index is 685. The van der Waals surface area contributed by atoms with Crippen molar-refractivity contribution < 1.29 is 9.53 Å². The minimum Gasteiger partial charge on any atom is -0.361 e. The van der Waals surface area contributed by atoms with Gasteiger partial charge in [0.2, 0.25) is 5.91 Å². The first kappa shape index (κ1) is 16.7. The average Bonchev–Trinajstić information content (AvgIpc) is 2.56. The molecule has 2 aromatic rings. The molecule has 1 aliphatic heterocycles. The fraction of sp³-hybridized carbons (Fsp3) is 0.278. The largest absolute Gasteiger partial charge is 0.361 e. The van der Waals surface area contributed by atoms with Crippen molar-refractivity contribution in [2.45, 2.75) is 19.1 Å². The van der Waals surface area contributed by atoms with Crippen molar-refractivity contribution in [3.63, 3.8) is 0 Å². The highest BCUT2D eigenvalue weighted by Crippen LogP contribution is 2.40. The zero-order valence-electron chi connectivity index (χ0n) is 12.7. The number of rotatable bonds is 3. The summed E-state index contributed by atoms with van der Waals surface area (Å²) in [7, 11) is 0. The maximum atomic E-state index is 12.3. The van der Waals surface area contributed by atoms with Gasteiger partial charge in [0.25, 0.3) is 0 Å². The Balaban J connectivity index is 2.03. The third-order valence-electron chi connectivity index (χ3n) is 4.08. The van der Waals surface area contributed by atoms with Gasteiger partial charge in [-0.05, 0) is 42.3 Å². The number of nitrogens with zero attached hydrogens (tertiary/aromatic N) is 1. The van der Waals surface area contributed by atoms with Crippen LogP contribution in [0.15, 0.2) is 57.5 Å². The van der Waals surface area contributed by atoms with E-state index in [-0.39, 0.29) is 24.7 Å². The lowest BCUT2D eigenvalue weighted by Crippen LogP contribution is -2.45. The molecule has 2 atom stereocenters. The van der Waals surface area contributed by atoms with Crippen LogP contribution in [0.1, 0.15) is 30.2 Å². The quantitative estimate of drug-likeness (QED) is 0.683. The van der Waals surface area contributed by atoms with Crippen LogP contribution >= 0.6 is 31.9 Å². The number of hydrogen-bond acceptors (Lipinski definition) is 2. The molecule has 1 aliphatic rings. The summed E-state index contributed by atoms with van der Waals surface area (Å²) >= 11 is 6.93. The second-order valence-corrected chi connectivity index (χ2v) is 7.29. The van der Waals surface area contributed by atoms with Crippen LogP contribution < -0.4 is 0 Å². The predicted octanol–water partition coefficient (Wildman–Crippen LogP) is 4.87. The lowest BCUT2D eigenvalue weighted by atomic mass is 9.93. The Morgan fingerprint density at radius 2 is 1.52 bits per heavy atom. The van der Waals surface area contributed by atoms with Crippen LogP contribution in [0, 0.1) is 0 Å². The summed E-state index contributed by atoms with van der Waals surface area (Å²) in [6, 6.07) is 16.1. The fourth-order valence-corrected chi connectivity index (χ4v) is 3.50. The van der Waals surface area contributed by atoms with Crippen LogP contribution in [0.5, 0.6) is 0 Å². The van der Waals surface area contributed by atoms with Gasteiger partial charge in [0, 0.05) is 15.5 Å². The Labute approximate surface area is 152 Å². The number of hydrogen-bond donors (Lipinski definition) is 0. The average molecular weight is 439 g/mol. The van der Waals surface area contributed by atoms with E-state index in [0.29, 0.717) is 6.54 Å². The summed E-state index contributed by atoms with van der Waals surface area (Å²) in [5.74, 6) is 0.0359. The second kappa shape index (κ2) is 7.16. The summed E-state index contributed by atoms with van der Waals surface area (Å²) in [5, 5.41) is 0. The van der Waals surface area contributed by atoms with Crippen molar-refractivity contribution in [3.8, 4) is 0 Å². The van der Waals surface area contributed by atoms with Crippen LogP contribution in [0.3, 0.4) is 0 Å². The Morgan fingerprint density at radius 1 is 1.00 bits per heavy atom. The first-order chi connectivity index (χ1) is 11.1. The van der Waals surface area contributed by atoms with E-state index in [1.807, 2.05) is 60.4 Å². The van der Waals surface area contributed by atoms with Gasteiger partial charge in [0.1, 0.15) is 12.7 Å². The molecule has 0 spiro atoms. The van der Waals surface area contributed by atoms with Crippen LogP contribution in [0.4, 0.5) is 0 Å². The SMILES string of the molecule is CCN1C(=O)CO[C@@H](c2ccc(Br)cc2)[C@H]1c1ccc(Br)cc1. The molecule has 120 valence electrons. The van der Waals surface area contributed by atoms with E-state index in [1.54, 1.807) is 0 Å². The minimum atomic E-state index is -0.165. The molecule has 0 saturated carbocycles. The molecule has 1 heterocycles. The van der Waals surface area contributed by atoms with Gasteiger partial charge >= 0.3 is 0 Å². The molecule has 5 heteroatoms. The second-order valence-electron chi connectivity index (χ2n) is 5.46. The zero-order chi connectivity index (χ0) is 16.4. The molecule has 0 unspecified atom stereocenters. The molecular formula is C18H17Br2NO2. The standard InChI is InChI=1S/C18H17Br2NO2/c1-2-21-16(22)11-23-18(13-5-9-15(20)10-6-13)17(21)12-3-7-14(19)8-4-12/h3-10,17-18H,2,11H2,1H3/t17-,18+/m1/s1. The highest BCUT2D eigenvalue weighted by atomic mass is 79.9. The summed E-state index contributed by atoms with van der Waals surface area (Å²) in [6.45, 7) is 2.80. The zero-order valence-corrected chi connectivity index (χ0v) is 15.9. The first-order valence-corrected chi connectivity index (χ1v) is 9.10. The molecule has 1 saturated heterocycles. The molecule has 0 radical (unpaired) electrons. The molecule has 0 aliphatic carbocycles. The smallest absolute Gasteiger partial charge is 0.249 e. The number of halogens is 2. The van der Waals surface area contributed by atoms with Crippen molar-refractivity contribution in [2.75, 3.05) is 13.2 Å². The van der Waals surface area contributed by atoms with E-state index in [0.717, 1.165) is 20.1 Å². The minimum absolute atomic E-state index is 0.0359. The van der Waals surface area contributed by atoms with Crippen molar-refractivity contribution >= 4 is 37.8 Å². The van der Waals surface area contributed by atoms with Crippen molar-refractivity contribution in [1.29, 1.82) is 0 Å². The van der Waals surface area contributed by atoms with E-state index in [9.17, 15) is 4.79 Å². The summed E-state index contributed by atoms with van der Waals surface area (Å²) in [6.07, 6.45) is -0.165. The fourth-order valence-electron chi connectivity index (χ4n) is 2.97. The van der Waals surface area contributed by atoms with Crippen molar-refractivity contribution in [3.05, 3.63) is 68.6 Å². The van der Waals surface area contributed by atoms with E-state index >= 15 is 0 Å². The van der Waals surface area contributed by atoms with E-state index in [2.05, 4.69) is 31.9 Å². The van der Waals surface area contributed by atoms with Gasteiger partial charge in [-0.3, -0.25) is 4.79 Å². The Morgan fingerprint density at radius 3 is 2.04 bits per heavy atom. The Kier molecular flexibility index (Phi) is 5.19. The van der Waals surface area contributed by atoms with E-state index in [4.69, 9.17) is 4.74 Å². The van der Waals surface area contributed by atoms with Crippen LogP contribution in [0.25, 0.3) is 0 Å². The molecule has 3 nitrogen and oxygen atoms in total. The molecule has 23 heavy (non-hydrogen) atoms. The molecule has 2 aromatic carbocycles. The summed E-state index contributed by atoms with van der Waals surface area (Å²) in [4.78, 5) is 14.2. The number of morpholine rings is 1. The van der Waals surface area contributed by atoms with Gasteiger partial charge in [-0.15, -0.1) is 0 Å². The van der Waals surface area contributed by atoms with Gasteiger partial charge in [0.15, 0.2) is 0 Å². The topological polar surface area (TPSA) is 29.5 Å². The van der Waals surface area contributed by atoms with E-state index in [1.165, 1.54) is 0 Å². The van der Waals surface area contributed by atoms with Gasteiger partial charge in [-0.25, -0.2) is 0 Å². The van der Waals surface area contributed by atoms with Gasteiger partial charge < -0.3 is 9.64 Å². The van der Waals surface area contributed by atoms with Crippen LogP contribution in [-0.2, 0) is 9.53 Å².